The molecule has 0 aromatic carbocycles. The summed E-state index contributed by atoms with van der Waals surface area (Å²) >= 11 is 34.5. The summed E-state index contributed by atoms with van der Waals surface area (Å²) in [5, 5.41) is 0. The fourth-order valence-corrected chi connectivity index (χ4v) is 1.47. The van der Waals surface area contributed by atoms with Crippen LogP contribution in [0.25, 0.3) is 0 Å². The molecular formula is C9H9Cl6N3. The van der Waals surface area contributed by atoms with Crippen LogP contribution in [0.1, 0.15) is 38.2 Å². The van der Waals surface area contributed by atoms with Crippen LogP contribution in [0.5, 0.6) is 0 Å². The highest BCUT2D eigenvalue weighted by atomic mass is 35.6. The summed E-state index contributed by atoms with van der Waals surface area (Å²) in [6.45, 7) is 5.64. The summed E-state index contributed by atoms with van der Waals surface area (Å²) in [6.07, 6.45) is 0. The third-order valence-electron chi connectivity index (χ3n) is 1.81. The molecule has 0 unspecified atom stereocenters. The van der Waals surface area contributed by atoms with Crippen molar-refractivity contribution in [2.24, 2.45) is 0 Å². The molecule has 3 nitrogen and oxygen atoms in total. The number of hydrogen-bond donors (Lipinski definition) is 0. The standard InChI is InChI=1S/C9H9Cl6N3/c1-7(2,3)4-16-5(8(10,11)12)18-6(17-4)9(13,14)15/h1-3H3. The van der Waals surface area contributed by atoms with E-state index < -0.39 is 13.0 Å². The van der Waals surface area contributed by atoms with E-state index in [-0.39, 0.29) is 11.6 Å². The molecule has 0 N–H and O–H groups in total. The first-order valence-electron chi connectivity index (χ1n) is 4.73. The second kappa shape index (κ2) is 5.27. The lowest BCUT2D eigenvalue weighted by atomic mass is 9.96. The van der Waals surface area contributed by atoms with Crippen LogP contribution < -0.4 is 0 Å². The molecule has 0 aliphatic rings. The number of hydrogen-bond acceptors (Lipinski definition) is 3. The molecule has 0 aliphatic heterocycles. The predicted molar refractivity (Wildman–Crippen MR) is 77.0 cm³/mol. The van der Waals surface area contributed by atoms with E-state index in [9.17, 15) is 0 Å². The van der Waals surface area contributed by atoms with Gasteiger partial charge in [-0.25, -0.2) is 15.0 Å². The van der Waals surface area contributed by atoms with Crippen LogP contribution in [0.3, 0.4) is 0 Å². The number of halogens is 6. The van der Waals surface area contributed by atoms with Gasteiger partial charge >= 0.3 is 0 Å². The average Bonchev–Trinajstić information content (AvgIpc) is 2.13. The van der Waals surface area contributed by atoms with Crippen molar-refractivity contribution in [3.05, 3.63) is 17.5 Å². The molecule has 0 spiro atoms. The summed E-state index contributed by atoms with van der Waals surface area (Å²) < 4.78 is -3.62. The average molecular weight is 372 g/mol. The van der Waals surface area contributed by atoms with Gasteiger partial charge in [0, 0.05) is 5.41 Å². The fraction of sp³-hybridized carbons (Fsp3) is 0.667. The van der Waals surface area contributed by atoms with E-state index >= 15 is 0 Å². The first-order chi connectivity index (χ1) is 7.82. The van der Waals surface area contributed by atoms with Gasteiger partial charge in [-0.3, -0.25) is 0 Å². The number of aromatic nitrogens is 3. The SMILES string of the molecule is CC(C)(C)c1nc(C(Cl)(Cl)Cl)nc(C(Cl)(Cl)Cl)n1. The van der Waals surface area contributed by atoms with Gasteiger partial charge in [0.2, 0.25) is 7.59 Å². The summed E-state index contributed by atoms with van der Waals surface area (Å²) in [5.74, 6) is 0.225. The third-order valence-corrected chi connectivity index (χ3v) is 2.83. The molecule has 0 saturated heterocycles. The van der Waals surface area contributed by atoms with Crippen LogP contribution in [0.2, 0.25) is 0 Å². The topological polar surface area (TPSA) is 38.7 Å². The van der Waals surface area contributed by atoms with E-state index in [4.69, 9.17) is 69.6 Å². The molecule has 1 aromatic rings. The Kier molecular flexibility index (Phi) is 4.92. The highest BCUT2D eigenvalue weighted by molar-refractivity contribution is 6.67. The van der Waals surface area contributed by atoms with Gasteiger partial charge in [-0.15, -0.1) is 0 Å². The van der Waals surface area contributed by atoms with E-state index in [1.807, 2.05) is 20.8 Å². The van der Waals surface area contributed by atoms with Crippen LogP contribution in [-0.2, 0) is 13.0 Å². The van der Waals surface area contributed by atoms with Crippen LogP contribution in [0.15, 0.2) is 0 Å². The molecule has 9 heteroatoms. The van der Waals surface area contributed by atoms with Crippen molar-refractivity contribution in [1.29, 1.82) is 0 Å². The van der Waals surface area contributed by atoms with Gasteiger partial charge in [0.05, 0.1) is 0 Å². The Labute approximate surface area is 135 Å². The normalized spacial score (nSPS) is 13.8. The van der Waals surface area contributed by atoms with Crippen molar-refractivity contribution in [1.82, 2.24) is 15.0 Å². The first-order valence-corrected chi connectivity index (χ1v) is 6.99. The zero-order valence-electron chi connectivity index (χ0n) is 9.61. The monoisotopic (exact) mass is 369 g/mol. The van der Waals surface area contributed by atoms with E-state index in [1.54, 1.807) is 0 Å². The molecule has 0 saturated carbocycles. The Morgan fingerprint density at radius 1 is 0.611 bits per heavy atom. The van der Waals surface area contributed by atoms with Crippen molar-refractivity contribution in [3.8, 4) is 0 Å². The molecule has 102 valence electrons. The lowest BCUT2D eigenvalue weighted by Gasteiger charge is -2.21. The molecule has 0 aliphatic carbocycles. The van der Waals surface area contributed by atoms with Crippen molar-refractivity contribution < 1.29 is 0 Å². The van der Waals surface area contributed by atoms with E-state index in [2.05, 4.69) is 15.0 Å². The van der Waals surface area contributed by atoms with Gasteiger partial charge in [0.25, 0.3) is 0 Å². The Morgan fingerprint density at radius 2 is 0.889 bits per heavy atom. The van der Waals surface area contributed by atoms with Gasteiger partial charge < -0.3 is 0 Å². The molecule has 0 radical (unpaired) electrons. The van der Waals surface area contributed by atoms with Crippen molar-refractivity contribution in [2.45, 2.75) is 33.8 Å². The number of alkyl halides is 6. The van der Waals surface area contributed by atoms with Crippen LogP contribution in [0, 0.1) is 0 Å². The molecule has 0 atom stereocenters. The lowest BCUT2D eigenvalue weighted by Crippen LogP contribution is -2.24. The maximum Gasteiger partial charge on any atom is 0.250 e. The number of rotatable bonds is 0. The van der Waals surface area contributed by atoms with E-state index in [1.165, 1.54) is 0 Å². The van der Waals surface area contributed by atoms with Crippen molar-refractivity contribution in [2.75, 3.05) is 0 Å². The van der Waals surface area contributed by atoms with Crippen LogP contribution in [-0.4, -0.2) is 15.0 Å². The molecule has 0 fully saturated rings. The largest absolute Gasteiger partial charge is 0.250 e. The van der Waals surface area contributed by atoms with E-state index in [0.29, 0.717) is 5.82 Å². The van der Waals surface area contributed by atoms with Gasteiger partial charge in [-0.05, 0) is 0 Å². The van der Waals surface area contributed by atoms with Crippen molar-refractivity contribution >= 4 is 69.6 Å². The molecule has 1 rings (SSSR count). The highest BCUT2D eigenvalue weighted by Gasteiger charge is 2.35. The molecular weight excluding hydrogens is 363 g/mol. The molecule has 1 aromatic heterocycles. The van der Waals surface area contributed by atoms with Gasteiger partial charge in [-0.1, -0.05) is 90.4 Å². The lowest BCUT2D eigenvalue weighted by molar-refractivity contribution is 0.530. The molecule has 0 bridgehead atoms. The van der Waals surface area contributed by atoms with Gasteiger partial charge in [0.15, 0.2) is 11.6 Å². The summed E-state index contributed by atoms with van der Waals surface area (Å²) in [7, 11) is 0. The van der Waals surface area contributed by atoms with E-state index in [0.717, 1.165) is 0 Å². The molecule has 18 heavy (non-hydrogen) atoms. The first kappa shape index (κ1) is 16.8. The quantitative estimate of drug-likeness (QED) is 0.613. The second-order valence-corrected chi connectivity index (χ2v) is 9.11. The Bertz CT molecular complexity index is 364. The molecule has 0 amide bonds. The second-order valence-electron chi connectivity index (χ2n) is 4.55. The molecule has 1 heterocycles. The van der Waals surface area contributed by atoms with Crippen LogP contribution in [0.4, 0.5) is 0 Å². The minimum absolute atomic E-state index is 0.0752. The van der Waals surface area contributed by atoms with Crippen molar-refractivity contribution in [3.63, 3.8) is 0 Å². The fourth-order valence-electron chi connectivity index (χ4n) is 0.965. The minimum Gasteiger partial charge on any atom is -0.213 e. The Hall–Kier alpha value is 0.750. The predicted octanol–water partition coefficient (Wildman–Crippen LogP) is 4.82. The Balaban J connectivity index is 3.49. The van der Waals surface area contributed by atoms with Crippen LogP contribution >= 0.6 is 69.6 Å². The Morgan fingerprint density at radius 3 is 1.11 bits per heavy atom. The third kappa shape index (κ3) is 4.39. The summed E-state index contributed by atoms with van der Waals surface area (Å²) in [6, 6.07) is 0. The highest BCUT2D eigenvalue weighted by Crippen LogP contribution is 2.40. The number of nitrogens with zero attached hydrogens (tertiary/aromatic N) is 3. The maximum absolute atomic E-state index is 5.75. The zero-order valence-corrected chi connectivity index (χ0v) is 14.1. The smallest absolute Gasteiger partial charge is 0.213 e. The minimum atomic E-state index is -1.81. The summed E-state index contributed by atoms with van der Waals surface area (Å²) in [4.78, 5) is 12.1. The summed E-state index contributed by atoms with van der Waals surface area (Å²) in [5.41, 5.74) is -0.404. The maximum atomic E-state index is 5.75. The zero-order chi connectivity index (χ0) is 14.4. The van der Waals surface area contributed by atoms with Gasteiger partial charge in [0.1, 0.15) is 5.82 Å². The van der Waals surface area contributed by atoms with Gasteiger partial charge in [-0.2, -0.15) is 0 Å².